The summed E-state index contributed by atoms with van der Waals surface area (Å²) in [5, 5.41) is 0.609. The molecule has 0 aliphatic carbocycles. The molecule has 0 atom stereocenters. The fraction of sp³-hybridized carbons (Fsp3) is 0.211. The van der Waals surface area contributed by atoms with Gasteiger partial charge in [0.25, 0.3) is 10.0 Å². The number of sulfonamides is 1. The minimum absolute atomic E-state index is 0.0699. The number of aryl methyl sites for hydroxylation is 3. The van der Waals surface area contributed by atoms with E-state index in [4.69, 9.17) is 4.74 Å². The molecule has 1 heterocycles. The van der Waals surface area contributed by atoms with Crippen LogP contribution in [0.25, 0.3) is 10.9 Å². The number of anilines is 1. The van der Waals surface area contributed by atoms with Gasteiger partial charge in [-0.1, -0.05) is 17.7 Å². The summed E-state index contributed by atoms with van der Waals surface area (Å²) in [4.78, 5) is 15.2. The zero-order valence-electron chi connectivity index (χ0n) is 15.0. The van der Waals surface area contributed by atoms with Crippen molar-refractivity contribution in [1.29, 1.82) is 0 Å². The Morgan fingerprint density at radius 3 is 2.42 bits per heavy atom. The second-order valence-electron chi connectivity index (χ2n) is 6.27. The first-order chi connectivity index (χ1) is 12.2. The number of aromatic nitrogens is 1. The maximum atomic E-state index is 12.9. The molecule has 0 fully saturated rings. The predicted octanol–water partition coefficient (Wildman–Crippen LogP) is 3.68. The van der Waals surface area contributed by atoms with Gasteiger partial charge in [0.05, 0.1) is 17.7 Å². The Bertz CT molecular complexity index is 1110. The Balaban J connectivity index is 2.16. The van der Waals surface area contributed by atoms with Gasteiger partial charge in [-0.15, -0.1) is 0 Å². The van der Waals surface area contributed by atoms with Gasteiger partial charge in [-0.3, -0.25) is 4.72 Å². The molecule has 0 bridgehead atoms. The third kappa shape index (κ3) is 3.17. The van der Waals surface area contributed by atoms with Gasteiger partial charge in [0.15, 0.2) is 5.69 Å². The summed E-state index contributed by atoms with van der Waals surface area (Å²) in [7, 11) is -2.62. The molecule has 0 saturated carbocycles. The molecule has 0 saturated heterocycles. The lowest BCUT2D eigenvalue weighted by atomic mass is 10.1. The van der Waals surface area contributed by atoms with Crippen LogP contribution >= 0.6 is 0 Å². The van der Waals surface area contributed by atoms with Crippen molar-refractivity contribution in [3.8, 4) is 0 Å². The highest BCUT2D eigenvalue weighted by molar-refractivity contribution is 7.92. The van der Waals surface area contributed by atoms with Crippen molar-refractivity contribution in [3.63, 3.8) is 0 Å². The van der Waals surface area contributed by atoms with Gasteiger partial charge in [-0.2, -0.15) is 0 Å². The quantitative estimate of drug-likeness (QED) is 0.684. The van der Waals surface area contributed by atoms with Crippen molar-refractivity contribution in [1.82, 2.24) is 4.98 Å². The highest BCUT2D eigenvalue weighted by atomic mass is 32.2. The van der Waals surface area contributed by atoms with Crippen molar-refractivity contribution >= 4 is 32.6 Å². The molecule has 3 rings (SSSR count). The zero-order valence-corrected chi connectivity index (χ0v) is 15.8. The Labute approximate surface area is 152 Å². The standard InChI is InChI=1S/C19H20N2O4S/c1-11-5-8-16-15(9-11)17(18(20-16)19(22)25-4)21-26(23,24)14-7-6-12(2)13(3)10-14/h5-10,20-21H,1-4H3. The Kier molecular flexibility index (Phi) is 4.50. The number of ether oxygens (including phenoxy) is 1. The van der Waals surface area contributed by atoms with Crippen LogP contribution in [0.1, 0.15) is 27.2 Å². The fourth-order valence-corrected chi connectivity index (χ4v) is 3.92. The number of carbonyl (C=O) groups is 1. The number of carbonyl (C=O) groups excluding carboxylic acids is 1. The molecule has 26 heavy (non-hydrogen) atoms. The van der Waals surface area contributed by atoms with Crippen molar-refractivity contribution in [2.24, 2.45) is 0 Å². The molecule has 2 N–H and O–H groups in total. The molecule has 0 aliphatic heterocycles. The molecule has 2 aromatic carbocycles. The smallest absolute Gasteiger partial charge is 0.356 e. The molecule has 6 nitrogen and oxygen atoms in total. The topological polar surface area (TPSA) is 88.3 Å². The largest absolute Gasteiger partial charge is 0.464 e. The molecule has 7 heteroatoms. The molecular formula is C19H20N2O4S. The van der Waals surface area contributed by atoms with Crippen LogP contribution in [0.4, 0.5) is 5.69 Å². The van der Waals surface area contributed by atoms with E-state index in [9.17, 15) is 13.2 Å². The summed E-state index contributed by atoms with van der Waals surface area (Å²) in [6, 6.07) is 10.4. The molecule has 0 radical (unpaired) electrons. The first kappa shape index (κ1) is 18.0. The number of fused-ring (bicyclic) bond motifs is 1. The number of esters is 1. The third-order valence-electron chi connectivity index (χ3n) is 4.37. The average molecular weight is 372 g/mol. The number of nitrogens with one attached hydrogen (secondary N) is 2. The van der Waals surface area contributed by atoms with Crippen molar-refractivity contribution in [3.05, 3.63) is 58.8 Å². The molecule has 0 spiro atoms. The van der Waals surface area contributed by atoms with Crippen molar-refractivity contribution in [2.45, 2.75) is 25.7 Å². The Hall–Kier alpha value is -2.80. The van der Waals surface area contributed by atoms with Gasteiger partial charge in [0, 0.05) is 10.9 Å². The summed E-state index contributed by atoms with van der Waals surface area (Å²) in [5.74, 6) is -0.642. The summed E-state index contributed by atoms with van der Waals surface area (Å²) in [6.07, 6.45) is 0. The van der Waals surface area contributed by atoms with Gasteiger partial charge in [-0.25, -0.2) is 13.2 Å². The summed E-state index contributed by atoms with van der Waals surface area (Å²) < 4.78 is 33.1. The van der Waals surface area contributed by atoms with E-state index in [1.807, 2.05) is 32.9 Å². The summed E-state index contributed by atoms with van der Waals surface area (Å²) in [6.45, 7) is 5.66. The second kappa shape index (κ2) is 6.49. The first-order valence-electron chi connectivity index (χ1n) is 8.03. The van der Waals surface area contributed by atoms with Crippen LogP contribution in [0.15, 0.2) is 41.3 Å². The van der Waals surface area contributed by atoms with Crippen LogP contribution in [0.2, 0.25) is 0 Å². The van der Waals surface area contributed by atoms with Gasteiger partial charge >= 0.3 is 5.97 Å². The summed E-state index contributed by atoms with van der Waals surface area (Å²) >= 11 is 0. The molecule has 0 aliphatic rings. The average Bonchev–Trinajstić information content (AvgIpc) is 2.94. The van der Waals surface area contributed by atoms with Gasteiger partial charge in [0.2, 0.25) is 0 Å². The van der Waals surface area contributed by atoms with Crippen LogP contribution in [0, 0.1) is 20.8 Å². The van der Waals surface area contributed by atoms with E-state index >= 15 is 0 Å². The lowest BCUT2D eigenvalue weighted by Gasteiger charge is -2.11. The number of H-pyrrole nitrogens is 1. The van der Waals surface area contributed by atoms with E-state index < -0.39 is 16.0 Å². The maximum Gasteiger partial charge on any atom is 0.356 e. The van der Waals surface area contributed by atoms with E-state index in [0.717, 1.165) is 16.7 Å². The lowest BCUT2D eigenvalue weighted by Crippen LogP contribution is -2.16. The number of rotatable bonds is 4. The van der Waals surface area contributed by atoms with Gasteiger partial charge in [0.1, 0.15) is 0 Å². The van der Waals surface area contributed by atoms with Crippen molar-refractivity contribution in [2.75, 3.05) is 11.8 Å². The van der Waals surface area contributed by atoms with Gasteiger partial charge in [-0.05, 0) is 56.2 Å². The van der Waals surface area contributed by atoms with Crippen LogP contribution in [-0.2, 0) is 14.8 Å². The van der Waals surface area contributed by atoms with E-state index in [-0.39, 0.29) is 16.3 Å². The normalized spacial score (nSPS) is 11.5. The number of aromatic amines is 1. The Morgan fingerprint density at radius 1 is 1.04 bits per heavy atom. The molecule has 1 aromatic heterocycles. The summed E-state index contributed by atoms with van der Waals surface area (Å²) in [5.41, 5.74) is 3.72. The van der Waals surface area contributed by atoms with Crippen LogP contribution < -0.4 is 4.72 Å². The van der Waals surface area contributed by atoms with Crippen molar-refractivity contribution < 1.29 is 17.9 Å². The van der Waals surface area contributed by atoms with Crippen LogP contribution in [0.5, 0.6) is 0 Å². The number of hydrogen-bond acceptors (Lipinski definition) is 4. The Morgan fingerprint density at radius 2 is 1.77 bits per heavy atom. The van der Waals surface area contributed by atoms with E-state index in [1.54, 1.807) is 24.3 Å². The minimum atomic E-state index is -3.87. The minimum Gasteiger partial charge on any atom is -0.464 e. The first-order valence-corrected chi connectivity index (χ1v) is 9.52. The maximum absolute atomic E-state index is 12.9. The highest BCUT2D eigenvalue weighted by Crippen LogP contribution is 2.31. The van der Waals surface area contributed by atoms with Crippen LogP contribution in [0.3, 0.4) is 0 Å². The number of hydrogen-bond donors (Lipinski definition) is 2. The fourth-order valence-electron chi connectivity index (χ4n) is 2.74. The van der Waals surface area contributed by atoms with Crippen LogP contribution in [-0.4, -0.2) is 26.5 Å². The molecule has 0 unspecified atom stereocenters. The number of benzene rings is 2. The van der Waals surface area contributed by atoms with Gasteiger partial charge < -0.3 is 9.72 Å². The zero-order chi connectivity index (χ0) is 19.1. The molecule has 3 aromatic rings. The SMILES string of the molecule is COC(=O)c1[nH]c2ccc(C)cc2c1NS(=O)(=O)c1ccc(C)c(C)c1. The van der Waals surface area contributed by atoms with E-state index in [1.165, 1.54) is 7.11 Å². The van der Waals surface area contributed by atoms with E-state index in [2.05, 4.69) is 9.71 Å². The highest BCUT2D eigenvalue weighted by Gasteiger charge is 2.24. The monoisotopic (exact) mass is 372 g/mol. The molecule has 0 amide bonds. The van der Waals surface area contributed by atoms with E-state index in [0.29, 0.717) is 10.9 Å². The molecule has 136 valence electrons. The number of methoxy groups -OCH3 is 1. The second-order valence-corrected chi connectivity index (χ2v) is 7.95. The lowest BCUT2D eigenvalue weighted by molar-refractivity contribution is 0.0596. The third-order valence-corrected chi connectivity index (χ3v) is 5.72. The predicted molar refractivity (Wildman–Crippen MR) is 101 cm³/mol. The molecular weight excluding hydrogens is 352 g/mol.